The zero-order valence-corrected chi connectivity index (χ0v) is 45.9. The third kappa shape index (κ3) is 11.0. The van der Waals surface area contributed by atoms with Crippen LogP contribution in [-0.4, -0.2) is 96.2 Å². The Kier molecular flexibility index (Phi) is 15.1. The van der Waals surface area contributed by atoms with Gasteiger partial charge in [-0.3, -0.25) is 33.6 Å². The topological polar surface area (TPSA) is 399 Å². The molecule has 7 aromatic carbocycles. The number of fused-ring (bicyclic) bond motifs is 14. The quantitative estimate of drug-likeness (QED) is 0.106. The summed E-state index contributed by atoms with van der Waals surface area (Å²) in [6, 6.07) is 9.29. The Morgan fingerprint density at radius 3 is 1.78 bits per heavy atom. The predicted molar refractivity (Wildman–Crippen MR) is 301 cm³/mol. The second-order valence-electron chi connectivity index (χ2n) is 20.4. The number of aliphatic hydroxyl groups is 1. The van der Waals surface area contributed by atoms with E-state index in [0.717, 1.165) is 54.6 Å². The van der Waals surface area contributed by atoms with E-state index < -0.39 is 136 Å². The van der Waals surface area contributed by atoms with E-state index in [1.165, 1.54) is 67.7 Å². The van der Waals surface area contributed by atoms with E-state index in [9.17, 15) is 54.9 Å². The molecule has 0 unspecified atom stereocenters. The van der Waals surface area contributed by atoms with E-state index in [1.54, 1.807) is 0 Å². The van der Waals surface area contributed by atoms with E-state index in [0.29, 0.717) is 5.56 Å². The highest BCUT2D eigenvalue weighted by Crippen LogP contribution is 2.48. The van der Waals surface area contributed by atoms with Crippen molar-refractivity contribution in [3.05, 3.63) is 164 Å². The van der Waals surface area contributed by atoms with Crippen LogP contribution in [0.2, 0.25) is 10.0 Å². The fourth-order valence-corrected chi connectivity index (χ4v) is 10.9. The first kappa shape index (κ1) is 57.4. The molecule has 6 aliphatic heterocycles. The van der Waals surface area contributed by atoms with Gasteiger partial charge in [-0.05, 0) is 118 Å². The molecule has 16 N–H and O–H groups in total. The number of ether oxygens (including phenoxy) is 3. The van der Waals surface area contributed by atoms with E-state index in [2.05, 4.69) is 37.2 Å². The standard InChI is InChI=1S/C59H48Cl2N8O17/c1-63-55(79)49-32-20-29(71)21-38(74)44(32)31-14-24(4-6-36(31)72)46-56(80)69-50(59(83)68-49)51(75)25-5-9-40(34(61)15-25)86-43-18-27-17-42(52(43)76)85-39-8-2-22(10-33(39)60)11-35-53(77)65-47(57(81)67-48(27)58(82)66-46)26-12-28(70)19-30(13-26)84-41-16-23(3-7-37(41)73)45(62)54(78)64-35/h2-10,12-21,35,45-51,70-76H,11,62H2,1H3,(H,63,79)(H,64,78)(H,65,77)(H,66,82)(H,67,81)(H,68,83)(H,69,80)/t35-,45+,46-,47+,48-,49+,50+,51-/m1/s1. The van der Waals surface area contributed by atoms with Crippen molar-refractivity contribution in [1.29, 1.82) is 0 Å². The third-order valence-corrected chi connectivity index (χ3v) is 15.3. The van der Waals surface area contributed by atoms with Gasteiger partial charge in [0.25, 0.3) is 0 Å². The smallest absolute Gasteiger partial charge is 0.248 e. The minimum absolute atomic E-state index is 0.118. The van der Waals surface area contributed by atoms with Gasteiger partial charge in [-0.1, -0.05) is 47.5 Å². The lowest BCUT2D eigenvalue weighted by molar-refractivity contribution is -0.137. The van der Waals surface area contributed by atoms with Crippen molar-refractivity contribution in [2.24, 2.45) is 5.73 Å². The summed E-state index contributed by atoms with van der Waals surface area (Å²) in [4.78, 5) is 104. The molecule has 6 heterocycles. The van der Waals surface area contributed by atoms with Crippen LogP contribution in [0.25, 0.3) is 11.1 Å². The van der Waals surface area contributed by atoms with Crippen molar-refractivity contribution in [1.82, 2.24) is 37.2 Å². The van der Waals surface area contributed by atoms with E-state index in [-0.39, 0.29) is 84.0 Å². The predicted octanol–water partition coefficient (Wildman–Crippen LogP) is 4.65. The largest absolute Gasteiger partial charge is 0.508 e. The van der Waals surface area contributed by atoms with Gasteiger partial charge in [0.2, 0.25) is 47.1 Å². The van der Waals surface area contributed by atoms with E-state index in [4.69, 9.17) is 43.1 Å². The number of benzene rings is 7. The molecule has 0 saturated carbocycles. The molecule has 17 bridgehead atoms. The highest BCUT2D eigenvalue weighted by molar-refractivity contribution is 6.32. The first-order chi connectivity index (χ1) is 41.0. The van der Waals surface area contributed by atoms with Crippen LogP contribution in [0.4, 0.5) is 0 Å². The van der Waals surface area contributed by atoms with Crippen molar-refractivity contribution < 1.29 is 83.5 Å². The van der Waals surface area contributed by atoms with Gasteiger partial charge in [0.15, 0.2) is 23.0 Å². The Morgan fingerprint density at radius 2 is 1.10 bits per heavy atom. The molecule has 7 amide bonds. The number of hydrogen-bond donors (Lipinski definition) is 15. The number of carbonyl (C=O) groups excluding carboxylic acids is 7. The highest BCUT2D eigenvalue weighted by atomic mass is 35.5. The summed E-state index contributed by atoms with van der Waals surface area (Å²) in [5, 5.41) is 97.6. The summed E-state index contributed by atoms with van der Waals surface area (Å²) in [5.74, 6) is -13.5. The summed E-state index contributed by atoms with van der Waals surface area (Å²) in [7, 11) is 1.22. The number of nitrogens with two attached hydrogens (primary N) is 1. The van der Waals surface area contributed by atoms with Gasteiger partial charge in [0.1, 0.15) is 88.6 Å². The molecular weight excluding hydrogens is 1160 g/mol. The fraction of sp³-hybridized carbons (Fsp3) is 0.169. The third-order valence-electron chi connectivity index (χ3n) is 14.7. The molecule has 25 nitrogen and oxygen atoms in total. The molecule has 6 aliphatic rings. The number of phenols is 6. The number of carbonyl (C=O) groups is 7. The molecule has 0 aromatic heterocycles. The zero-order valence-electron chi connectivity index (χ0n) is 44.3. The van der Waals surface area contributed by atoms with Crippen LogP contribution < -0.4 is 57.2 Å². The molecule has 0 saturated heterocycles. The van der Waals surface area contributed by atoms with Gasteiger partial charge in [0, 0.05) is 36.7 Å². The number of aromatic hydroxyl groups is 6. The molecule has 86 heavy (non-hydrogen) atoms. The first-order valence-electron chi connectivity index (χ1n) is 26.0. The fourth-order valence-electron chi connectivity index (χ4n) is 10.4. The zero-order chi connectivity index (χ0) is 61.2. The second-order valence-corrected chi connectivity index (χ2v) is 21.2. The van der Waals surface area contributed by atoms with Crippen LogP contribution in [-0.2, 0) is 40.0 Å². The SMILES string of the molecule is CNC(=O)[C@H]1NC(=O)[C@H]2NC(=O)[C@H](NC(=O)[C@@H]3NC(=O)[C@H]4NC(=O)[C@@H](Cc5ccc(c(Cl)c5)Oc5cc3cc(c5O)Oc3ccc(cc3Cl)[C@H]2O)NC(=O)[C@@H](N)c2ccc(O)c(c2)Oc2cc(O)cc4c2)c2ccc(O)c(c2)-c2c(O)cc(O)cc21. The Bertz CT molecular complexity index is 4050. The summed E-state index contributed by atoms with van der Waals surface area (Å²) >= 11 is 13.7. The summed E-state index contributed by atoms with van der Waals surface area (Å²) in [6.07, 6.45) is -2.40. The van der Waals surface area contributed by atoms with Gasteiger partial charge in [-0.25, -0.2) is 0 Å². The van der Waals surface area contributed by atoms with Crippen molar-refractivity contribution in [2.45, 2.75) is 54.8 Å². The molecule has 27 heteroatoms. The Labute approximate surface area is 495 Å². The normalized spacial score (nSPS) is 21.9. The van der Waals surface area contributed by atoms with Gasteiger partial charge >= 0.3 is 0 Å². The van der Waals surface area contributed by atoms with E-state index >= 15 is 14.4 Å². The van der Waals surface area contributed by atoms with Crippen LogP contribution >= 0.6 is 23.2 Å². The first-order valence-corrected chi connectivity index (χ1v) is 26.8. The maximum atomic E-state index is 15.7. The monoisotopic (exact) mass is 1210 g/mol. The molecule has 0 fully saturated rings. The number of phenolic OH excluding ortho intramolecular Hbond substituents is 6. The van der Waals surface area contributed by atoms with Gasteiger partial charge in [0.05, 0.1) is 10.0 Å². The molecule has 0 aliphatic carbocycles. The Morgan fingerprint density at radius 1 is 0.523 bits per heavy atom. The van der Waals surface area contributed by atoms with Crippen LogP contribution in [0.5, 0.6) is 69.0 Å². The van der Waals surface area contributed by atoms with Crippen molar-refractivity contribution in [2.75, 3.05) is 7.05 Å². The lowest BCUT2D eigenvalue weighted by Crippen LogP contribution is -2.55. The maximum Gasteiger partial charge on any atom is 0.248 e. The summed E-state index contributed by atoms with van der Waals surface area (Å²) < 4.78 is 18.5. The van der Waals surface area contributed by atoms with Gasteiger partial charge < -0.3 is 92.9 Å². The van der Waals surface area contributed by atoms with Crippen LogP contribution in [0, 0.1) is 0 Å². The lowest BCUT2D eigenvalue weighted by atomic mass is 9.89. The van der Waals surface area contributed by atoms with Crippen LogP contribution in [0.1, 0.15) is 75.3 Å². The summed E-state index contributed by atoms with van der Waals surface area (Å²) in [5.41, 5.74) is 5.00. The van der Waals surface area contributed by atoms with Crippen molar-refractivity contribution in [3.8, 4) is 80.1 Å². The number of rotatable bonds is 1. The van der Waals surface area contributed by atoms with E-state index in [1.807, 2.05) is 0 Å². The Hall–Kier alpha value is -10.5. The molecule has 440 valence electrons. The van der Waals surface area contributed by atoms with Crippen LogP contribution in [0.3, 0.4) is 0 Å². The number of halogens is 2. The number of likely N-dealkylation sites (N-methyl/N-ethyl adjacent to an activating group) is 1. The summed E-state index contributed by atoms with van der Waals surface area (Å²) in [6.45, 7) is 0. The van der Waals surface area contributed by atoms with Gasteiger partial charge in [-0.15, -0.1) is 0 Å². The van der Waals surface area contributed by atoms with Crippen LogP contribution in [0.15, 0.2) is 115 Å². The molecule has 0 radical (unpaired) electrons. The number of amides is 7. The number of hydrogen-bond acceptors (Lipinski definition) is 18. The minimum atomic E-state index is -2.15. The Balaban J connectivity index is 1.14. The van der Waals surface area contributed by atoms with Crippen molar-refractivity contribution >= 4 is 64.6 Å². The lowest BCUT2D eigenvalue weighted by Gasteiger charge is -2.31. The maximum absolute atomic E-state index is 15.7. The second kappa shape index (κ2) is 22.6. The average molecular weight is 1210 g/mol. The minimum Gasteiger partial charge on any atom is -0.508 e. The molecular formula is C59H48Cl2N8O17. The molecule has 7 aromatic rings. The number of nitrogens with one attached hydrogen (secondary N) is 7. The molecule has 13 rings (SSSR count). The van der Waals surface area contributed by atoms with Gasteiger partial charge in [-0.2, -0.15) is 0 Å². The molecule has 8 atom stereocenters. The highest BCUT2D eigenvalue weighted by Gasteiger charge is 2.41. The average Bonchev–Trinajstić information content (AvgIpc) is 2.09. The van der Waals surface area contributed by atoms with Crippen molar-refractivity contribution in [3.63, 3.8) is 0 Å². The molecule has 0 spiro atoms. The number of aliphatic hydroxyl groups excluding tert-OH is 1.